The van der Waals surface area contributed by atoms with E-state index in [4.69, 9.17) is 0 Å². The second kappa shape index (κ2) is 9.76. The summed E-state index contributed by atoms with van der Waals surface area (Å²) >= 11 is 0. The molecule has 0 spiro atoms. The molecule has 2 aromatic carbocycles. The first-order valence-electron chi connectivity index (χ1n) is 10.7. The Hall–Kier alpha value is -4.28. The predicted molar refractivity (Wildman–Crippen MR) is 125 cm³/mol. The molecule has 2 heterocycles. The number of ether oxygens (including phenoxy) is 1. The molecule has 3 aromatic rings. The molecule has 1 aliphatic rings. The smallest absolute Gasteiger partial charge is 0.387 e. The molecule has 2 amide bonds. The van der Waals surface area contributed by atoms with Gasteiger partial charge in [-0.3, -0.25) is 14.6 Å². The molecule has 0 radical (unpaired) electrons. The van der Waals surface area contributed by atoms with Gasteiger partial charge in [-0.2, -0.15) is 18.9 Å². The third-order valence-electron chi connectivity index (χ3n) is 5.45. The van der Waals surface area contributed by atoms with Gasteiger partial charge in [0.1, 0.15) is 5.75 Å². The number of anilines is 2. The summed E-state index contributed by atoms with van der Waals surface area (Å²) in [6, 6.07) is 12.4. The molecule has 7 nitrogen and oxygen atoms in total. The second-order valence-electron chi connectivity index (χ2n) is 8.08. The lowest BCUT2D eigenvalue weighted by molar-refractivity contribution is -0.127. The van der Waals surface area contributed by atoms with Gasteiger partial charge in [0.15, 0.2) is 5.92 Å². The Morgan fingerprint density at radius 2 is 1.83 bits per heavy atom. The van der Waals surface area contributed by atoms with Gasteiger partial charge in [0.05, 0.1) is 11.4 Å². The molecule has 186 valence electrons. The van der Waals surface area contributed by atoms with Crippen LogP contribution < -0.4 is 15.1 Å². The first-order chi connectivity index (χ1) is 17.0. The fraction of sp³-hybridized carbons (Fsp3) is 0.200. The number of aromatic nitrogens is 1. The van der Waals surface area contributed by atoms with E-state index in [-0.39, 0.29) is 34.0 Å². The highest BCUT2D eigenvalue weighted by atomic mass is 19.3. The number of amides is 2. The zero-order valence-electron chi connectivity index (χ0n) is 19.1. The summed E-state index contributed by atoms with van der Waals surface area (Å²) < 4.78 is 57.8. The van der Waals surface area contributed by atoms with Crippen molar-refractivity contribution in [2.24, 2.45) is 11.0 Å². The van der Waals surface area contributed by atoms with Gasteiger partial charge < -0.3 is 10.1 Å². The molecule has 36 heavy (non-hydrogen) atoms. The van der Waals surface area contributed by atoms with Crippen molar-refractivity contribution in [1.82, 2.24) is 4.98 Å². The van der Waals surface area contributed by atoms with E-state index in [0.29, 0.717) is 5.56 Å². The highest BCUT2D eigenvalue weighted by molar-refractivity contribution is 6.28. The molecule has 0 bridgehead atoms. The average Bonchev–Trinajstić information content (AvgIpc) is 3.13. The lowest BCUT2D eigenvalue weighted by atomic mass is 10.0. The van der Waals surface area contributed by atoms with Crippen molar-refractivity contribution in [2.75, 3.05) is 10.3 Å². The van der Waals surface area contributed by atoms with Crippen LogP contribution in [0.5, 0.6) is 5.75 Å². The van der Waals surface area contributed by atoms with E-state index in [0.717, 1.165) is 18.0 Å². The van der Waals surface area contributed by atoms with E-state index in [1.807, 2.05) is 0 Å². The van der Waals surface area contributed by atoms with E-state index in [2.05, 4.69) is 20.1 Å². The van der Waals surface area contributed by atoms with Gasteiger partial charge in [-0.1, -0.05) is 12.1 Å². The van der Waals surface area contributed by atoms with Gasteiger partial charge in [-0.05, 0) is 55.0 Å². The summed E-state index contributed by atoms with van der Waals surface area (Å²) in [5.74, 6) is -5.96. The summed E-state index contributed by atoms with van der Waals surface area (Å²) in [6.07, 6.45) is 2.95. The Kier molecular flexibility index (Phi) is 6.73. The number of pyridine rings is 1. The number of hydrogen-bond acceptors (Lipinski definition) is 5. The first-order valence-corrected chi connectivity index (χ1v) is 10.7. The molecule has 11 heteroatoms. The molecule has 1 aliphatic heterocycles. The van der Waals surface area contributed by atoms with Gasteiger partial charge in [0, 0.05) is 36.1 Å². The number of benzene rings is 2. The third-order valence-corrected chi connectivity index (χ3v) is 5.45. The Bertz CT molecular complexity index is 1330. The fourth-order valence-electron chi connectivity index (χ4n) is 3.74. The summed E-state index contributed by atoms with van der Waals surface area (Å²) in [5, 5.41) is 7.66. The number of alkyl halides is 4. The van der Waals surface area contributed by atoms with Crippen LogP contribution in [0.3, 0.4) is 0 Å². The Balaban J connectivity index is 1.60. The maximum absolute atomic E-state index is 13.6. The predicted octanol–water partition coefficient (Wildman–Crippen LogP) is 5.44. The molecule has 1 unspecified atom stereocenters. The minimum atomic E-state index is -3.11. The molecule has 1 N–H and O–H groups in total. The number of hydrogen-bond donors (Lipinski definition) is 1. The Labute approximate surface area is 203 Å². The van der Waals surface area contributed by atoms with Crippen LogP contribution in [0.2, 0.25) is 0 Å². The maximum atomic E-state index is 13.6. The maximum Gasteiger partial charge on any atom is 0.387 e. The molecular formula is C25H20F4N4O3. The molecule has 1 atom stereocenters. The monoisotopic (exact) mass is 500 g/mol. The van der Waals surface area contributed by atoms with Crippen molar-refractivity contribution in [1.29, 1.82) is 0 Å². The summed E-state index contributed by atoms with van der Waals surface area (Å²) in [7, 11) is 0. The van der Waals surface area contributed by atoms with E-state index < -0.39 is 30.3 Å². The number of nitrogens with one attached hydrogen (secondary N) is 1. The molecule has 0 fully saturated rings. The second-order valence-corrected chi connectivity index (χ2v) is 8.08. The van der Waals surface area contributed by atoms with E-state index in [9.17, 15) is 27.2 Å². The van der Waals surface area contributed by atoms with E-state index in [1.54, 1.807) is 12.1 Å². The van der Waals surface area contributed by atoms with Crippen LogP contribution in [0.4, 0.5) is 28.9 Å². The topological polar surface area (TPSA) is 83.9 Å². The van der Waals surface area contributed by atoms with Crippen molar-refractivity contribution >= 4 is 28.9 Å². The number of halogens is 4. The summed E-state index contributed by atoms with van der Waals surface area (Å²) in [6.45, 7) is -0.845. The van der Waals surface area contributed by atoms with Crippen LogP contribution >= 0.6 is 0 Å². The van der Waals surface area contributed by atoms with Gasteiger partial charge in [-0.15, -0.1) is 0 Å². The molecule has 0 aliphatic carbocycles. The Morgan fingerprint density at radius 1 is 1.11 bits per heavy atom. The van der Waals surface area contributed by atoms with E-state index in [1.165, 1.54) is 55.7 Å². The quantitative estimate of drug-likeness (QED) is 0.346. The zero-order valence-corrected chi connectivity index (χ0v) is 19.1. The summed E-state index contributed by atoms with van der Waals surface area (Å²) in [4.78, 5) is 30.0. The normalized spacial score (nSPS) is 15.8. The lowest BCUT2D eigenvalue weighted by Crippen LogP contribution is -2.36. The van der Waals surface area contributed by atoms with E-state index >= 15 is 0 Å². The van der Waals surface area contributed by atoms with Crippen LogP contribution in [-0.2, 0) is 15.5 Å². The van der Waals surface area contributed by atoms with Crippen LogP contribution in [0.1, 0.15) is 19.4 Å². The van der Waals surface area contributed by atoms with Crippen molar-refractivity contribution in [2.45, 2.75) is 26.4 Å². The number of rotatable bonds is 7. The van der Waals surface area contributed by atoms with Gasteiger partial charge in [0.25, 0.3) is 11.8 Å². The minimum absolute atomic E-state index is 0.103. The summed E-state index contributed by atoms with van der Waals surface area (Å²) in [5.41, 5.74) is 0.979. The number of carbonyl (C=O) groups excluding carboxylic acids is 2. The zero-order chi connectivity index (χ0) is 26.0. The van der Waals surface area contributed by atoms with Crippen molar-refractivity contribution in [3.05, 3.63) is 72.6 Å². The Morgan fingerprint density at radius 3 is 2.50 bits per heavy atom. The van der Waals surface area contributed by atoms with Crippen molar-refractivity contribution < 1.29 is 31.9 Å². The van der Waals surface area contributed by atoms with Gasteiger partial charge in [0.2, 0.25) is 5.91 Å². The van der Waals surface area contributed by atoms with Crippen molar-refractivity contribution in [3.63, 3.8) is 0 Å². The van der Waals surface area contributed by atoms with Gasteiger partial charge in [-0.25, -0.2) is 8.78 Å². The lowest BCUT2D eigenvalue weighted by Gasteiger charge is -2.18. The standard InChI is InChI=1S/C25H20F4N4O3/c1-14-21(22(34)31-17-5-3-4-16(12-17)25(2,28)29)23(35)33(32-14)18-6-7-20(36-24(26)27)19(13-18)15-8-10-30-11-9-15/h3-13,21,24H,1-2H3,(H,31,34). The first kappa shape index (κ1) is 24.8. The largest absolute Gasteiger partial charge is 0.434 e. The third kappa shape index (κ3) is 5.19. The SMILES string of the molecule is CC1=NN(c2ccc(OC(F)F)c(-c3ccncc3)c2)C(=O)C1C(=O)Nc1cccc(C(C)(F)F)c1. The molecule has 4 rings (SSSR count). The van der Waals surface area contributed by atoms with Crippen LogP contribution in [0.25, 0.3) is 11.1 Å². The average molecular weight is 500 g/mol. The van der Waals surface area contributed by atoms with Crippen molar-refractivity contribution in [3.8, 4) is 16.9 Å². The number of carbonyl (C=O) groups is 2. The highest BCUT2D eigenvalue weighted by Gasteiger charge is 2.40. The van der Waals surface area contributed by atoms with Crippen LogP contribution in [0.15, 0.2) is 72.1 Å². The highest BCUT2D eigenvalue weighted by Crippen LogP contribution is 2.36. The molecule has 0 saturated carbocycles. The number of hydrazone groups is 1. The molecular weight excluding hydrogens is 480 g/mol. The van der Waals surface area contributed by atoms with Gasteiger partial charge >= 0.3 is 6.61 Å². The molecule has 0 saturated heterocycles. The molecule has 1 aromatic heterocycles. The minimum Gasteiger partial charge on any atom is -0.434 e. The van der Waals surface area contributed by atoms with Crippen LogP contribution in [-0.4, -0.2) is 29.1 Å². The van der Waals surface area contributed by atoms with Crippen LogP contribution in [0, 0.1) is 5.92 Å². The fourth-order valence-corrected chi connectivity index (χ4v) is 3.74. The number of nitrogens with zero attached hydrogens (tertiary/aromatic N) is 3.